The van der Waals surface area contributed by atoms with Crippen LogP contribution in [0.2, 0.25) is 0 Å². The van der Waals surface area contributed by atoms with Crippen molar-refractivity contribution in [3.05, 3.63) is 58.1 Å². The number of hydrazone groups is 1. The molecule has 4 heteroatoms. The number of rotatable bonds is 4. The highest BCUT2D eigenvalue weighted by molar-refractivity contribution is 9.10. The van der Waals surface area contributed by atoms with E-state index in [1.54, 1.807) is 13.3 Å². The fourth-order valence-electron chi connectivity index (χ4n) is 1.68. The van der Waals surface area contributed by atoms with Crippen molar-refractivity contribution in [2.45, 2.75) is 6.92 Å². The van der Waals surface area contributed by atoms with Crippen LogP contribution in [-0.2, 0) is 0 Å². The van der Waals surface area contributed by atoms with Crippen molar-refractivity contribution in [2.24, 2.45) is 5.10 Å². The molecule has 0 amide bonds. The summed E-state index contributed by atoms with van der Waals surface area (Å²) in [6.45, 7) is 2.04. The van der Waals surface area contributed by atoms with Crippen molar-refractivity contribution >= 4 is 27.8 Å². The molecule has 19 heavy (non-hydrogen) atoms. The lowest BCUT2D eigenvalue weighted by Gasteiger charge is -2.06. The number of hydrogen-bond donors (Lipinski definition) is 1. The highest BCUT2D eigenvalue weighted by atomic mass is 79.9. The van der Waals surface area contributed by atoms with Gasteiger partial charge in [0.1, 0.15) is 5.75 Å². The van der Waals surface area contributed by atoms with Crippen molar-refractivity contribution in [1.82, 2.24) is 0 Å². The number of ether oxygens (including phenoxy) is 1. The van der Waals surface area contributed by atoms with Crippen LogP contribution in [0.15, 0.2) is 52.0 Å². The zero-order chi connectivity index (χ0) is 13.7. The first kappa shape index (κ1) is 13.6. The fourth-order valence-corrected chi connectivity index (χ4v) is 2.05. The first-order valence-electron chi connectivity index (χ1n) is 5.89. The van der Waals surface area contributed by atoms with Gasteiger partial charge < -0.3 is 4.74 Å². The van der Waals surface area contributed by atoms with E-state index in [0.29, 0.717) is 0 Å². The Kier molecular flexibility index (Phi) is 4.58. The lowest BCUT2D eigenvalue weighted by Crippen LogP contribution is -1.95. The van der Waals surface area contributed by atoms with Crippen molar-refractivity contribution in [3.8, 4) is 5.75 Å². The summed E-state index contributed by atoms with van der Waals surface area (Å²) in [6, 6.07) is 13.8. The molecular formula is C15H15BrN2O. The maximum absolute atomic E-state index is 5.29. The second-order valence-corrected chi connectivity index (χ2v) is 4.99. The minimum Gasteiger partial charge on any atom is -0.496 e. The maximum Gasteiger partial charge on any atom is 0.127 e. The molecule has 2 aromatic carbocycles. The Labute approximate surface area is 121 Å². The van der Waals surface area contributed by atoms with Crippen LogP contribution < -0.4 is 10.2 Å². The SMILES string of the molecule is COc1ccc(Br)cc1/C=N/Nc1ccccc1C. The predicted molar refractivity (Wildman–Crippen MR) is 83.1 cm³/mol. The van der Waals surface area contributed by atoms with Gasteiger partial charge in [-0.3, -0.25) is 5.43 Å². The predicted octanol–water partition coefficient (Wildman–Crippen LogP) is 4.21. The molecule has 98 valence electrons. The standard InChI is InChI=1S/C15H15BrN2O/c1-11-5-3-4-6-14(11)18-17-10-12-9-13(16)7-8-15(12)19-2/h3-10,18H,1-2H3/b17-10+. The third-order valence-corrected chi connectivity index (χ3v) is 3.22. The molecule has 0 aliphatic heterocycles. The number of hydrogen-bond acceptors (Lipinski definition) is 3. The van der Waals surface area contributed by atoms with E-state index in [1.165, 1.54) is 0 Å². The van der Waals surface area contributed by atoms with Crippen molar-refractivity contribution in [1.29, 1.82) is 0 Å². The molecule has 3 nitrogen and oxygen atoms in total. The van der Waals surface area contributed by atoms with E-state index in [1.807, 2.05) is 49.4 Å². The van der Waals surface area contributed by atoms with Crippen molar-refractivity contribution in [2.75, 3.05) is 12.5 Å². The highest BCUT2D eigenvalue weighted by Crippen LogP contribution is 2.21. The van der Waals surface area contributed by atoms with Gasteiger partial charge in [0.2, 0.25) is 0 Å². The van der Waals surface area contributed by atoms with Crippen LogP contribution in [0.3, 0.4) is 0 Å². The van der Waals surface area contributed by atoms with Gasteiger partial charge in [-0.25, -0.2) is 0 Å². The average Bonchev–Trinajstić information content (AvgIpc) is 2.41. The molecule has 0 atom stereocenters. The van der Waals surface area contributed by atoms with Gasteiger partial charge in [-0.15, -0.1) is 0 Å². The Morgan fingerprint density at radius 3 is 2.74 bits per heavy atom. The van der Waals surface area contributed by atoms with Crippen molar-refractivity contribution < 1.29 is 4.74 Å². The van der Waals surface area contributed by atoms with Gasteiger partial charge >= 0.3 is 0 Å². The van der Waals surface area contributed by atoms with Gasteiger partial charge in [-0.1, -0.05) is 34.1 Å². The molecular weight excluding hydrogens is 304 g/mol. The van der Waals surface area contributed by atoms with E-state index in [4.69, 9.17) is 4.74 Å². The molecule has 2 rings (SSSR count). The van der Waals surface area contributed by atoms with Gasteiger partial charge in [0, 0.05) is 10.0 Å². The minimum atomic E-state index is 0.790. The van der Waals surface area contributed by atoms with Gasteiger partial charge in [0.15, 0.2) is 0 Å². The van der Waals surface area contributed by atoms with E-state index in [-0.39, 0.29) is 0 Å². The van der Waals surface area contributed by atoms with E-state index in [9.17, 15) is 0 Å². The first-order valence-corrected chi connectivity index (χ1v) is 6.68. The first-order chi connectivity index (χ1) is 9.20. The number of nitrogens with zero attached hydrogens (tertiary/aromatic N) is 1. The number of nitrogens with one attached hydrogen (secondary N) is 1. The van der Waals surface area contributed by atoms with E-state index >= 15 is 0 Å². The van der Waals surface area contributed by atoms with Crippen molar-refractivity contribution in [3.63, 3.8) is 0 Å². The van der Waals surface area contributed by atoms with Gasteiger partial charge in [0.05, 0.1) is 19.0 Å². The van der Waals surface area contributed by atoms with Gasteiger partial charge in [-0.2, -0.15) is 5.10 Å². The fraction of sp³-hybridized carbons (Fsp3) is 0.133. The summed E-state index contributed by atoms with van der Waals surface area (Å²) in [4.78, 5) is 0. The molecule has 0 unspecified atom stereocenters. The molecule has 0 saturated carbocycles. The Hall–Kier alpha value is -1.81. The Balaban J connectivity index is 2.15. The summed E-state index contributed by atoms with van der Waals surface area (Å²) < 4.78 is 6.28. The normalized spacial score (nSPS) is 10.7. The van der Waals surface area contributed by atoms with Crippen LogP contribution in [0.25, 0.3) is 0 Å². The summed E-state index contributed by atoms with van der Waals surface area (Å²) in [5, 5.41) is 4.25. The molecule has 2 aromatic rings. The second kappa shape index (κ2) is 6.38. The van der Waals surface area contributed by atoms with Crippen LogP contribution in [0.5, 0.6) is 5.75 Å². The van der Waals surface area contributed by atoms with E-state index in [2.05, 4.69) is 26.5 Å². The summed E-state index contributed by atoms with van der Waals surface area (Å²) >= 11 is 3.44. The third-order valence-electron chi connectivity index (χ3n) is 2.73. The molecule has 0 aliphatic rings. The van der Waals surface area contributed by atoms with E-state index in [0.717, 1.165) is 27.0 Å². The number of para-hydroxylation sites is 1. The smallest absolute Gasteiger partial charge is 0.127 e. The molecule has 0 saturated heterocycles. The topological polar surface area (TPSA) is 33.6 Å². The number of halogens is 1. The zero-order valence-corrected chi connectivity index (χ0v) is 12.4. The van der Waals surface area contributed by atoms with Crippen LogP contribution in [0, 0.1) is 6.92 Å². The number of anilines is 1. The number of methoxy groups -OCH3 is 1. The molecule has 0 fully saturated rings. The second-order valence-electron chi connectivity index (χ2n) is 4.07. The van der Waals surface area contributed by atoms with Crippen LogP contribution >= 0.6 is 15.9 Å². The number of benzene rings is 2. The lowest BCUT2D eigenvalue weighted by atomic mass is 10.2. The highest BCUT2D eigenvalue weighted by Gasteiger charge is 2.00. The zero-order valence-electron chi connectivity index (χ0n) is 10.9. The summed E-state index contributed by atoms with van der Waals surface area (Å²) in [6.07, 6.45) is 1.75. The Morgan fingerprint density at radius 1 is 1.21 bits per heavy atom. The summed E-state index contributed by atoms with van der Waals surface area (Å²) in [7, 11) is 1.65. The summed E-state index contributed by atoms with van der Waals surface area (Å²) in [5.41, 5.74) is 6.09. The minimum absolute atomic E-state index is 0.790. The quantitative estimate of drug-likeness (QED) is 0.676. The average molecular weight is 319 g/mol. The number of aryl methyl sites for hydroxylation is 1. The van der Waals surface area contributed by atoms with E-state index < -0.39 is 0 Å². The van der Waals surface area contributed by atoms with Crippen LogP contribution in [0.1, 0.15) is 11.1 Å². The van der Waals surface area contributed by atoms with Gasteiger partial charge in [-0.05, 0) is 36.8 Å². The summed E-state index contributed by atoms with van der Waals surface area (Å²) in [5.74, 6) is 0.790. The molecule has 0 aromatic heterocycles. The third kappa shape index (κ3) is 3.58. The molecule has 0 spiro atoms. The molecule has 0 radical (unpaired) electrons. The van der Waals surface area contributed by atoms with Crippen LogP contribution in [-0.4, -0.2) is 13.3 Å². The maximum atomic E-state index is 5.29. The Morgan fingerprint density at radius 2 is 2.00 bits per heavy atom. The van der Waals surface area contributed by atoms with Crippen LogP contribution in [0.4, 0.5) is 5.69 Å². The van der Waals surface area contributed by atoms with Gasteiger partial charge in [0.25, 0.3) is 0 Å². The largest absolute Gasteiger partial charge is 0.496 e. The molecule has 1 N–H and O–H groups in total. The molecule has 0 bridgehead atoms. The molecule has 0 aliphatic carbocycles. The Bertz CT molecular complexity index is 596. The monoisotopic (exact) mass is 318 g/mol. The molecule has 0 heterocycles. The lowest BCUT2D eigenvalue weighted by molar-refractivity contribution is 0.414.